The molecule has 0 aromatic heterocycles. The molecule has 0 N–H and O–H groups in total. The molecule has 0 aliphatic heterocycles. The number of hydrogen-bond donors (Lipinski definition) is 0. The van der Waals surface area contributed by atoms with Gasteiger partial charge in [-0.1, -0.05) is 43.9 Å². The van der Waals surface area contributed by atoms with Gasteiger partial charge in [-0.25, -0.2) is 0 Å². The van der Waals surface area contributed by atoms with Crippen molar-refractivity contribution >= 4 is 0 Å². The Morgan fingerprint density at radius 2 is 1.92 bits per heavy atom. The lowest BCUT2D eigenvalue weighted by atomic mass is 10.0. The molecule has 0 heterocycles. The molecule has 0 nitrogen and oxygen atoms in total. The van der Waals surface area contributed by atoms with Crippen LogP contribution in [-0.4, -0.2) is 0 Å². The average Bonchev–Trinajstić information content (AvgIpc) is 2.01. The first-order valence-corrected chi connectivity index (χ1v) is 4.29. The van der Waals surface area contributed by atoms with E-state index in [9.17, 15) is 0 Å². The lowest BCUT2D eigenvalue weighted by Gasteiger charge is -2.02. The fraction of sp³-hybridized carbons (Fsp3) is 0.333. The van der Waals surface area contributed by atoms with Crippen LogP contribution >= 0.6 is 0 Å². The Kier molecular flexibility index (Phi) is 5.11. The predicted molar refractivity (Wildman–Crippen MR) is 57.1 cm³/mol. The molecule has 0 rings (SSSR count). The van der Waals surface area contributed by atoms with Gasteiger partial charge in [0, 0.05) is 0 Å². The Morgan fingerprint density at radius 1 is 1.33 bits per heavy atom. The van der Waals surface area contributed by atoms with Crippen LogP contribution in [0.4, 0.5) is 0 Å². The van der Waals surface area contributed by atoms with E-state index in [0.29, 0.717) is 0 Å². The van der Waals surface area contributed by atoms with E-state index in [-0.39, 0.29) is 0 Å². The molecule has 12 heavy (non-hydrogen) atoms. The molecular weight excluding hydrogens is 144 g/mol. The maximum atomic E-state index is 3.89. The van der Waals surface area contributed by atoms with Gasteiger partial charge in [0.25, 0.3) is 0 Å². The summed E-state index contributed by atoms with van der Waals surface area (Å²) in [6.45, 7) is 13.9. The van der Waals surface area contributed by atoms with Crippen LogP contribution in [0.5, 0.6) is 0 Å². The second-order valence-corrected chi connectivity index (χ2v) is 2.89. The smallest absolute Gasteiger partial charge is 0.0210 e. The Balaban J connectivity index is 4.72. The van der Waals surface area contributed by atoms with Crippen LogP contribution in [-0.2, 0) is 0 Å². The van der Waals surface area contributed by atoms with Crippen molar-refractivity contribution in [3.63, 3.8) is 0 Å². The van der Waals surface area contributed by atoms with Gasteiger partial charge in [0.15, 0.2) is 0 Å². The summed E-state index contributed by atoms with van der Waals surface area (Å²) in [6, 6.07) is 0. The highest BCUT2D eigenvalue weighted by molar-refractivity contribution is 5.43. The Bertz CT molecular complexity index is 226. The molecule has 0 heteroatoms. The molecule has 0 aromatic rings. The number of allylic oxidation sites excluding steroid dienone is 6. The second-order valence-electron chi connectivity index (χ2n) is 2.89. The summed E-state index contributed by atoms with van der Waals surface area (Å²) in [7, 11) is 0. The molecule has 0 aliphatic rings. The summed E-state index contributed by atoms with van der Waals surface area (Å²) in [6.07, 6.45) is 7.18. The van der Waals surface area contributed by atoms with Crippen molar-refractivity contribution in [3.05, 3.63) is 48.1 Å². The third-order valence-electron chi connectivity index (χ3n) is 1.69. The van der Waals surface area contributed by atoms with Gasteiger partial charge >= 0.3 is 0 Å². The monoisotopic (exact) mass is 162 g/mol. The van der Waals surface area contributed by atoms with Crippen molar-refractivity contribution < 1.29 is 0 Å². The molecule has 0 fully saturated rings. The van der Waals surface area contributed by atoms with Crippen LogP contribution in [0.3, 0.4) is 0 Å². The maximum absolute atomic E-state index is 3.89. The quantitative estimate of drug-likeness (QED) is 0.547. The van der Waals surface area contributed by atoms with E-state index in [4.69, 9.17) is 0 Å². The minimum absolute atomic E-state index is 1.07. The fourth-order valence-electron chi connectivity index (χ4n) is 1.06. The van der Waals surface area contributed by atoms with Gasteiger partial charge < -0.3 is 0 Å². The molecule has 0 aromatic carbocycles. The SMILES string of the molecule is C=C/C(C(=C)C)=C(C)/C=C\CC. The topological polar surface area (TPSA) is 0 Å². The lowest BCUT2D eigenvalue weighted by Crippen LogP contribution is -1.83. The molecule has 0 unspecified atom stereocenters. The Hall–Kier alpha value is -1.04. The molecule has 0 saturated carbocycles. The van der Waals surface area contributed by atoms with Gasteiger partial charge in [-0.2, -0.15) is 0 Å². The van der Waals surface area contributed by atoms with Gasteiger partial charge in [0.2, 0.25) is 0 Å². The zero-order valence-electron chi connectivity index (χ0n) is 8.35. The fourth-order valence-corrected chi connectivity index (χ4v) is 1.06. The first kappa shape index (κ1) is 11.0. The minimum Gasteiger partial charge on any atom is -0.0985 e. The zero-order chi connectivity index (χ0) is 9.56. The van der Waals surface area contributed by atoms with Crippen molar-refractivity contribution in [1.29, 1.82) is 0 Å². The molecule has 0 saturated heterocycles. The van der Waals surface area contributed by atoms with Gasteiger partial charge in [-0.15, -0.1) is 0 Å². The lowest BCUT2D eigenvalue weighted by molar-refractivity contribution is 1.21. The van der Waals surface area contributed by atoms with Crippen LogP contribution in [0.1, 0.15) is 27.2 Å². The third-order valence-corrected chi connectivity index (χ3v) is 1.69. The van der Waals surface area contributed by atoms with E-state index in [1.807, 2.05) is 13.0 Å². The summed E-state index contributed by atoms with van der Waals surface area (Å²) in [5, 5.41) is 0. The van der Waals surface area contributed by atoms with Crippen LogP contribution < -0.4 is 0 Å². The molecule has 66 valence electrons. The molecular formula is C12H18. The van der Waals surface area contributed by atoms with E-state index in [0.717, 1.165) is 17.6 Å². The average molecular weight is 162 g/mol. The highest BCUT2D eigenvalue weighted by Crippen LogP contribution is 2.14. The first-order chi connectivity index (χ1) is 5.63. The van der Waals surface area contributed by atoms with E-state index in [2.05, 4.69) is 39.2 Å². The van der Waals surface area contributed by atoms with Crippen LogP contribution in [0.15, 0.2) is 48.1 Å². The number of hydrogen-bond acceptors (Lipinski definition) is 0. The molecule has 0 spiro atoms. The van der Waals surface area contributed by atoms with Crippen molar-refractivity contribution in [1.82, 2.24) is 0 Å². The molecule has 0 amide bonds. The standard InChI is InChI=1S/C12H18/c1-6-8-9-11(5)12(7-2)10(3)4/h7-9H,2-3,6H2,1,4-5H3/b9-8-,12-11-. The molecule has 0 radical (unpaired) electrons. The molecule has 0 atom stereocenters. The number of rotatable bonds is 4. The van der Waals surface area contributed by atoms with Crippen LogP contribution in [0.2, 0.25) is 0 Å². The van der Waals surface area contributed by atoms with Gasteiger partial charge in [0.05, 0.1) is 0 Å². The first-order valence-electron chi connectivity index (χ1n) is 4.29. The summed E-state index contributed by atoms with van der Waals surface area (Å²) in [4.78, 5) is 0. The van der Waals surface area contributed by atoms with Crippen LogP contribution in [0.25, 0.3) is 0 Å². The normalized spacial score (nSPS) is 12.9. The van der Waals surface area contributed by atoms with Crippen molar-refractivity contribution in [2.75, 3.05) is 0 Å². The summed E-state index contributed by atoms with van der Waals surface area (Å²) >= 11 is 0. The van der Waals surface area contributed by atoms with Gasteiger partial charge in [-0.05, 0) is 31.4 Å². The van der Waals surface area contributed by atoms with Crippen molar-refractivity contribution in [3.8, 4) is 0 Å². The van der Waals surface area contributed by atoms with E-state index in [1.54, 1.807) is 0 Å². The zero-order valence-corrected chi connectivity index (χ0v) is 8.35. The molecule has 0 aliphatic carbocycles. The third kappa shape index (κ3) is 3.38. The minimum atomic E-state index is 1.07. The highest BCUT2D eigenvalue weighted by Gasteiger charge is 1.94. The summed E-state index contributed by atoms with van der Waals surface area (Å²) in [5.74, 6) is 0. The molecule has 0 bridgehead atoms. The van der Waals surface area contributed by atoms with Crippen molar-refractivity contribution in [2.24, 2.45) is 0 Å². The maximum Gasteiger partial charge on any atom is -0.0210 e. The summed E-state index contributed by atoms with van der Waals surface area (Å²) < 4.78 is 0. The summed E-state index contributed by atoms with van der Waals surface area (Å²) in [5.41, 5.74) is 3.46. The van der Waals surface area contributed by atoms with Gasteiger partial charge in [0.1, 0.15) is 0 Å². The van der Waals surface area contributed by atoms with E-state index < -0.39 is 0 Å². The van der Waals surface area contributed by atoms with E-state index in [1.165, 1.54) is 5.57 Å². The predicted octanol–water partition coefficient (Wildman–Crippen LogP) is 4.03. The second kappa shape index (κ2) is 5.59. The largest absolute Gasteiger partial charge is 0.0985 e. The van der Waals surface area contributed by atoms with Crippen LogP contribution in [0, 0.1) is 0 Å². The van der Waals surface area contributed by atoms with Gasteiger partial charge in [-0.3, -0.25) is 0 Å². The Morgan fingerprint density at radius 3 is 2.25 bits per heavy atom. The van der Waals surface area contributed by atoms with Crippen molar-refractivity contribution in [2.45, 2.75) is 27.2 Å². The Labute approximate surface area is 76.0 Å². The van der Waals surface area contributed by atoms with E-state index >= 15 is 0 Å². The highest BCUT2D eigenvalue weighted by atomic mass is 14.0.